The lowest BCUT2D eigenvalue weighted by Gasteiger charge is -2.26. The van der Waals surface area contributed by atoms with E-state index in [0.29, 0.717) is 0 Å². The normalized spacial score (nSPS) is 15.6. The summed E-state index contributed by atoms with van der Waals surface area (Å²) in [6, 6.07) is 8.56. The number of para-hydroxylation sites is 1. The molecule has 0 radical (unpaired) electrons. The zero-order chi connectivity index (χ0) is 13.9. The van der Waals surface area contributed by atoms with E-state index in [4.69, 9.17) is 0 Å². The van der Waals surface area contributed by atoms with Crippen LogP contribution in [0, 0.1) is 0 Å². The molecular formula is C18H23N. The molecule has 1 N–H and O–H groups in total. The van der Waals surface area contributed by atoms with Crippen molar-refractivity contribution in [3.8, 4) is 0 Å². The van der Waals surface area contributed by atoms with E-state index in [0.717, 1.165) is 6.42 Å². The van der Waals surface area contributed by atoms with Gasteiger partial charge in [0.25, 0.3) is 0 Å². The highest BCUT2D eigenvalue weighted by Gasteiger charge is 2.16. The molecule has 0 aromatic heterocycles. The van der Waals surface area contributed by atoms with Gasteiger partial charge in [-0.2, -0.15) is 0 Å². The van der Waals surface area contributed by atoms with Gasteiger partial charge in [0.2, 0.25) is 0 Å². The van der Waals surface area contributed by atoms with Gasteiger partial charge < -0.3 is 5.32 Å². The second-order valence-corrected chi connectivity index (χ2v) is 5.71. The Morgan fingerprint density at radius 2 is 1.95 bits per heavy atom. The minimum Gasteiger partial charge on any atom is -0.376 e. The molecule has 0 aliphatic heterocycles. The van der Waals surface area contributed by atoms with Gasteiger partial charge in [-0.25, -0.2) is 0 Å². The Morgan fingerprint density at radius 1 is 1.21 bits per heavy atom. The monoisotopic (exact) mass is 253 g/mol. The maximum atomic E-state index is 3.63. The SMILES string of the molecule is CC=CC(C)(C)Nc1ccccc1C1=CC(C)=CC1. The van der Waals surface area contributed by atoms with E-state index in [-0.39, 0.29) is 5.54 Å². The summed E-state index contributed by atoms with van der Waals surface area (Å²) in [6.45, 7) is 8.60. The highest BCUT2D eigenvalue weighted by Crippen LogP contribution is 2.33. The fraction of sp³-hybridized carbons (Fsp3) is 0.333. The second kappa shape index (κ2) is 5.48. The average molecular weight is 253 g/mol. The summed E-state index contributed by atoms with van der Waals surface area (Å²) >= 11 is 0. The largest absolute Gasteiger partial charge is 0.376 e. The van der Waals surface area contributed by atoms with Crippen LogP contribution in [0.4, 0.5) is 5.69 Å². The van der Waals surface area contributed by atoms with Gasteiger partial charge in [0.15, 0.2) is 0 Å². The molecule has 1 aliphatic rings. The predicted molar refractivity (Wildman–Crippen MR) is 85.3 cm³/mol. The van der Waals surface area contributed by atoms with Crippen LogP contribution < -0.4 is 5.32 Å². The Kier molecular flexibility index (Phi) is 3.94. The van der Waals surface area contributed by atoms with Crippen molar-refractivity contribution in [2.75, 3.05) is 5.32 Å². The van der Waals surface area contributed by atoms with Gasteiger partial charge in [-0.15, -0.1) is 0 Å². The Bertz CT molecular complexity index is 545. The number of benzene rings is 1. The first-order valence-corrected chi connectivity index (χ1v) is 6.90. The van der Waals surface area contributed by atoms with Gasteiger partial charge in [-0.3, -0.25) is 0 Å². The predicted octanol–water partition coefficient (Wildman–Crippen LogP) is 5.19. The van der Waals surface area contributed by atoms with Crippen molar-refractivity contribution in [3.05, 3.63) is 59.7 Å². The third-order valence-electron chi connectivity index (χ3n) is 3.36. The Hall–Kier alpha value is -1.76. The molecule has 2 rings (SSSR count). The summed E-state index contributed by atoms with van der Waals surface area (Å²) in [5.74, 6) is 0. The molecule has 0 saturated heterocycles. The van der Waals surface area contributed by atoms with Crippen LogP contribution in [0.2, 0.25) is 0 Å². The molecule has 0 saturated carbocycles. The smallest absolute Gasteiger partial charge is 0.0500 e. The second-order valence-electron chi connectivity index (χ2n) is 5.71. The third-order valence-corrected chi connectivity index (χ3v) is 3.36. The van der Waals surface area contributed by atoms with E-state index >= 15 is 0 Å². The number of hydrogen-bond donors (Lipinski definition) is 1. The van der Waals surface area contributed by atoms with Crippen molar-refractivity contribution in [2.45, 2.75) is 39.7 Å². The van der Waals surface area contributed by atoms with Gasteiger partial charge in [0.1, 0.15) is 0 Å². The molecule has 19 heavy (non-hydrogen) atoms. The number of rotatable bonds is 4. The maximum Gasteiger partial charge on any atom is 0.0500 e. The van der Waals surface area contributed by atoms with Crippen molar-refractivity contribution in [2.24, 2.45) is 0 Å². The molecule has 1 aliphatic carbocycles. The molecular weight excluding hydrogens is 230 g/mol. The van der Waals surface area contributed by atoms with Gasteiger partial charge >= 0.3 is 0 Å². The molecule has 100 valence electrons. The van der Waals surface area contributed by atoms with Crippen LogP contribution in [0.1, 0.15) is 39.7 Å². The maximum absolute atomic E-state index is 3.63. The van der Waals surface area contributed by atoms with Crippen LogP contribution in [-0.2, 0) is 0 Å². The Balaban J connectivity index is 2.30. The molecule has 0 spiro atoms. The Labute approximate surface area is 116 Å². The summed E-state index contributed by atoms with van der Waals surface area (Å²) in [7, 11) is 0. The number of nitrogens with one attached hydrogen (secondary N) is 1. The van der Waals surface area contributed by atoms with Crippen molar-refractivity contribution < 1.29 is 0 Å². The van der Waals surface area contributed by atoms with Crippen LogP contribution in [0.25, 0.3) is 5.57 Å². The van der Waals surface area contributed by atoms with Gasteiger partial charge in [0, 0.05) is 16.8 Å². The molecule has 1 nitrogen and oxygen atoms in total. The molecule has 1 heteroatoms. The summed E-state index contributed by atoms with van der Waals surface area (Å²) in [4.78, 5) is 0. The zero-order valence-corrected chi connectivity index (χ0v) is 12.3. The van der Waals surface area contributed by atoms with Crippen molar-refractivity contribution in [1.29, 1.82) is 0 Å². The average Bonchev–Trinajstić information content (AvgIpc) is 2.75. The molecule has 0 fully saturated rings. The lowest BCUT2D eigenvalue weighted by molar-refractivity contribution is 0.711. The van der Waals surface area contributed by atoms with Gasteiger partial charge in [0.05, 0.1) is 0 Å². The van der Waals surface area contributed by atoms with Crippen LogP contribution in [0.15, 0.2) is 54.1 Å². The molecule has 0 amide bonds. The third kappa shape index (κ3) is 3.37. The van der Waals surface area contributed by atoms with E-state index in [9.17, 15) is 0 Å². The summed E-state index contributed by atoms with van der Waals surface area (Å²) in [6.07, 6.45) is 9.88. The lowest BCUT2D eigenvalue weighted by atomic mass is 9.99. The number of hydrogen-bond acceptors (Lipinski definition) is 1. The van der Waals surface area contributed by atoms with Crippen LogP contribution >= 0.6 is 0 Å². The number of allylic oxidation sites excluding steroid dienone is 5. The number of anilines is 1. The van der Waals surface area contributed by atoms with Gasteiger partial charge in [-0.1, -0.05) is 48.1 Å². The van der Waals surface area contributed by atoms with Crippen molar-refractivity contribution in [3.63, 3.8) is 0 Å². The first kappa shape index (κ1) is 13.7. The van der Waals surface area contributed by atoms with Crippen LogP contribution in [0.5, 0.6) is 0 Å². The fourth-order valence-corrected chi connectivity index (χ4v) is 2.53. The van der Waals surface area contributed by atoms with Crippen molar-refractivity contribution in [1.82, 2.24) is 0 Å². The molecule has 0 bridgehead atoms. The molecule has 1 aromatic rings. The van der Waals surface area contributed by atoms with E-state index in [2.05, 4.69) is 81.6 Å². The van der Waals surface area contributed by atoms with E-state index in [1.807, 2.05) is 0 Å². The first-order chi connectivity index (χ1) is 9.02. The minimum atomic E-state index is -0.0352. The highest BCUT2D eigenvalue weighted by atomic mass is 15.0. The van der Waals surface area contributed by atoms with E-state index in [1.54, 1.807) is 0 Å². The van der Waals surface area contributed by atoms with Crippen LogP contribution in [-0.4, -0.2) is 5.54 Å². The lowest BCUT2D eigenvalue weighted by Crippen LogP contribution is -2.28. The fourth-order valence-electron chi connectivity index (χ4n) is 2.53. The van der Waals surface area contributed by atoms with E-state index in [1.165, 1.54) is 22.4 Å². The molecule has 0 atom stereocenters. The molecule has 0 heterocycles. The molecule has 1 aromatic carbocycles. The zero-order valence-electron chi connectivity index (χ0n) is 12.3. The van der Waals surface area contributed by atoms with Gasteiger partial charge in [-0.05, 0) is 45.8 Å². The quantitative estimate of drug-likeness (QED) is 0.728. The summed E-state index contributed by atoms with van der Waals surface area (Å²) in [5.41, 5.74) is 5.24. The summed E-state index contributed by atoms with van der Waals surface area (Å²) in [5, 5.41) is 3.63. The van der Waals surface area contributed by atoms with Crippen LogP contribution in [0.3, 0.4) is 0 Å². The summed E-state index contributed by atoms with van der Waals surface area (Å²) < 4.78 is 0. The standard InChI is InChI=1S/C18H23N/c1-5-12-18(3,4)19-17-9-7-6-8-16(17)15-11-10-14(2)13-15/h5-10,12-13,19H,11H2,1-4H3. The topological polar surface area (TPSA) is 12.0 Å². The highest BCUT2D eigenvalue weighted by molar-refractivity contribution is 5.80. The van der Waals surface area contributed by atoms with Crippen molar-refractivity contribution >= 4 is 11.3 Å². The molecule has 0 unspecified atom stereocenters. The minimum absolute atomic E-state index is 0.0352. The first-order valence-electron chi connectivity index (χ1n) is 6.90. The Morgan fingerprint density at radius 3 is 2.58 bits per heavy atom. The van der Waals surface area contributed by atoms with E-state index < -0.39 is 0 Å².